The number of anilines is 1. The number of fused-ring (bicyclic) bond motifs is 1. The maximum Gasteiger partial charge on any atom is 0.258 e. The van der Waals surface area contributed by atoms with Gasteiger partial charge in [0.2, 0.25) is 0 Å². The third-order valence-corrected chi connectivity index (χ3v) is 4.53. The van der Waals surface area contributed by atoms with E-state index >= 15 is 0 Å². The highest BCUT2D eigenvalue weighted by atomic mass is 16.3. The Morgan fingerprint density at radius 1 is 1.14 bits per heavy atom. The van der Waals surface area contributed by atoms with E-state index in [0.717, 1.165) is 16.8 Å². The summed E-state index contributed by atoms with van der Waals surface area (Å²) >= 11 is 0. The van der Waals surface area contributed by atoms with Crippen LogP contribution in [0.2, 0.25) is 0 Å². The summed E-state index contributed by atoms with van der Waals surface area (Å²) < 4.78 is 0. The fourth-order valence-corrected chi connectivity index (χ4v) is 3.10. The minimum atomic E-state index is -0.505. The lowest BCUT2D eigenvalue weighted by molar-refractivity contribution is 0.0949. The number of benzene rings is 2. The quantitative estimate of drug-likeness (QED) is 0.870. The fourth-order valence-electron chi connectivity index (χ4n) is 3.10. The Morgan fingerprint density at radius 3 is 2.59 bits per heavy atom. The monoisotopic (exact) mass is 295 g/mol. The van der Waals surface area contributed by atoms with Crippen LogP contribution in [0.15, 0.2) is 42.5 Å². The molecule has 1 N–H and O–H groups in total. The van der Waals surface area contributed by atoms with Crippen molar-refractivity contribution in [1.29, 1.82) is 0 Å². The van der Waals surface area contributed by atoms with Crippen LogP contribution in [-0.4, -0.2) is 17.1 Å². The van der Waals surface area contributed by atoms with Crippen molar-refractivity contribution in [2.75, 3.05) is 4.90 Å². The number of hydrogen-bond acceptors (Lipinski definition) is 2. The Hall–Kier alpha value is -2.13. The van der Waals surface area contributed by atoms with Crippen molar-refractivity contribution in [3.63, 3.8) is 0 Å². The minimum absolute atomic E-state index is 0.00468. The number of aryl methyl sites for hydroxylation is 2. The lowest BCUT2D eigenvalue weighted by atomic mass is 9.93. The molecule has 22 heavy (non-hydrogen) atoms. The van der Waals surface area contributed by atoms with Gasteiger partial charge in [0.15, 0.2) is 0 Å². The molecule has 0 saturated heterocycles. The van der Waals surface area contributed by atoms with Gasteiger partial charge in [-0.05, 0) is 56.5 Å². The molecule has 2 unspecified atom stereocenters. The molecule has 3 rings (SSSR count). The number of nitrogens with zero attached hydrogens (tertiary/aromatic N) is 1. The lowest BCUT2D eigenvalue weighted by Crippen LogP contribution is -2.43. The SMILES string of the molecule is Cc1ccc(C(=O)N2c3ccccc3C(O)CC2C)cc1C. The van der Waals surface area contributed by atoms with Gasteiger partial charge in [0.1, 0.15) is 0 Å². The summed E-state index contributed by atoms with van der Waals surface area (Å²) in [5, 5.41) is 10.2. The first-order valence-corrected chi connectivity index (χ1v) is 7.67. The van der Waals surface area contributed by atoms with Gasteiger partial charge in [0.25, 0.3) is 5.91 Å². The average molecular weight is 295 g/mol. The number of para-hydroxylation sites is 1. The van der Waals surface area contributed by atoms with Gasteiger partial charge in [-0.15, -0.1) is 0 Å². The van der Waals surface area contributed by atoms with Crippen molar-refractivity contribution in [3.05, 3.63) is 64.7 Å². The van der Waals surface area contributed by atoms with Gasteiger partial charge in [-0.25, -0.2) is 0 Å². The second-order valence-corrected chi connectivity index (χ2v) is 6.13. The molecular weight excluding hydrogens is 274 g/mol. The molecule has 0 bridgehead atoms. The van der Waals surface area contributed by atoms with Crippen molar-refractivity contribution >= 4 is 11.6 Å². The van der Waals surface area contributed by atoms with Crippen LogP contribution >= 0.6 is 0 Å². The van der Waals surface area contributed by atoms with Gasteiger partial charge in [0, 0.05) is 17.2 Å². The Bertz CT molecular complexity index is 723. The van der Waals surface area contributed by atoms with Crippen molar-refractivity contribution < 1.29 is 9.90 Å². The number of hydrogen-bond donors (Lipinski definition) is 1. The van der Waals surface area contributed by atoms with E-state index < -0.39 is 6.10 Å². The summed E-state index contributed by atoms with van der Waals surface area (Å²) in [4.78, 5) is 14.8. The van der Waals surface area contributed by atoms with E-state index in [0.29, 0.717) is 12.0 Å². The van der Waals surface area contributed by atoms with E-state index in [4.69, 9.17) is 0 Å². The van der Waals surface area contributed by atoms with Crippen molar-refractivity contribution in [3.8, 4) is 0 Å². The second-order valence-electron chi connectivity index (χ2n) is 6.13. The standard InChI is InChI=1S/C19H21NO2/c1-12-8-9-15(10-13(12)2)19(22)20-14(3)11-18(21)16-6-4-5-7-17(16)20/h4-10,14,18,21H,11H2,1-3H3. The summed E-state index contributed by atoms with van der Waals surface area (Å²) in [5.41, 5.74) is 4.64. The zero-order valence-electron chi connectivity index (χ0n) is 13.2. The molecule has 1 aliphatic rings. The number of carbonyl (C=O) groups is 1. The largest absolute Gasteiger partial charge is 0.388 e. The molecule has 0 saturated carbocycles. The van der Waals surface area contributed by atoms with Crippen LogP contribution in [-0.2, 0) is 0 Å². The first-order valence-electron chi connectivity index (χ1n) is 7.67. The van der Waals surface area contributed by atoms with Crippen LogP contribution in [0.5, 0.6) is 0 Å². The highest BCUT2D eigenvalue weighted by Gasteiger charge is 2.33. The normalized spacial score (nSPS) is 20.6. The summed E-state index contributed by atoms with van der Waals surface area (Å²) in [7, 11) is 0. The summed E-state index contributed by atoms with van der Waals surface area (Å²) in [6.45, 7) is 6.04. The van der Waals surface area contributed by atoms with Crippen molar-refractivity contribution in [2.45, 2.75) is 39.3 Å². The Balaban J connectivity index is 2.04. The van der Waals surface area contributed by atoms with Crippen LogP contribution < -0.4 is 4.90 Å². The molecule has 0 aromatic heterocycles. The summed E-state index contributed by atoms with van der Waals surface area (Å²) in [5.74, 6) is -0.00468. The number of carbonyl (C=O) groups excluding carboxylic acids is 1. The van der Waals surface area contributed by atoms with Gasteiger partial charge in [-0.3, -0.25) is 4.79 Å². The van der Waals surface area contributed by atoms with E-state index in [1.165, 1.54) is 5.56 Å². The van der Waals surface area contributed by atoms with Crippen LogP contribution in [0, 0.1) is 13.8 Å². The van der Waals surface area contributed by atoms with Crippen LogP contribution in [0.3, 0.4) is 0 Å². The number of aliphatic hydroxyl groups excluding tert-OH is 1. The third-order valence-electron chi connectivity index (χ3n) is 4.53. The Morgan fingerprint density at radius 2 is 1.86 bits per heavy atom. The molecule has 2 aromatic carbocycles. The fraction of sp³-hybridized carbons (Fsp3) is 0.316. The average Bonchev–Trinajstić information content (AvgIpc) is 2.50. The van der Waals surface area contributed by atoms with Crippen molar-refractivity contribution in [1.82, 2.24) is 0 Å². The first kappa shape index (κ1) is 14.8. The number of aliphatic hydroxyl groups is 1. The molecule has 1 aliphatic heterocycles. The molecule has 0 fully saturated rings. The molecular formula is C19H21NO2. The Labute approximate surface area is 131 Å². The molecule has 2 aromatic rings. The zero-order chi connectivity index (χ0) is 15.9. The van der Waals surface area contributed by atoms with E-state index in [2.05, 4.69) is 0 Å². The van der Waals surface area contributed by atoms with Crippen LogP contribution in [0.25, 0.3) is 0 Å². The molecule has 1 amide bonds. The van der Waals surface area contributed by atoms with Gasteiger partial charge < -0.3 is 10.0 Å². The lowest BCUT2D eigenvalue weighted by Gasteiger charge is -2.37. The molecule has 0 radical (unpaired) electrons. The topological polar surface area (TPSA) is 40.5 Å². The van der Waals surface area contributed by atoms with E-state index in [1.807, 2.05) is 68.1 Å². The maximum atomic E-state index is 13.0. The number of amides is 1. The molecule has 114 valence electrons. The van der Waals surface area contributed by atoms with Crippen LogP contribution in [0.1, 0.15) is 46.5 Å². The summed E-state index contributed by atoms with van der Waals surface area (Å²) in [6, 6.07) is 13.4. The molecule has 2 atom stereocenters. The van der Waals surface area contributed by atoms with Gasteiger partial charge in [0.05, 0.1) is 11.8 Å². The predicted octanol–water partition coefficient (Wildman–Crippen LogP) is 3.78. The van der Waals surface area contributed by atoms with E-state index in [1.54, 1.807) is 0 Å². The maximum absolute atomic E-state index is 13.0. The van der Waals surface area contributed by atoms with Crippen molar-refractivity contribution in [2.24, 2.45) is 0 Å². The zero-order valence-corrected chi connectivity index (χ0v) is 13.2. The van der Waals surface area contributed by atoms with E-state index in [-0.39, 0.29) is 11.9 Å². The smallest absolute Gasteiger partial charge is 0.258 e. The second kappa shape index (κ2) is 5.58. The number of rotatable bonds is 1. The summed E-state index contributed by atoms with van der Waals surface area (Å²) in [6.07, 6.45) is 0.0585. The molecule has 1 heterocycles. The molecule has 0 spiro atoms. The molecule has 3 nitrogen and oxygen atoms in total. The van der Waals surface area contributed by atoms with Gasteiger partial charge in [-0.1, -0.05) is 24.3 Å². The van der Waals surface area contributed by atoms with Gasteiger partial charge in [-0.2, -0.15) is 0 Å². The van der Waals surface area contributed by atoms with Gasteiger partial charge >= 0.3 is 0 Å². The molecule has 3 heteroatoms. The highest BCUT2D eigenvalue weighted by molar-refractivity contribution is 6.07. The Kier molecular flexibility index (Phi) is 3.75. The third kappa shape index (κ3) is 2.42. The van der Waals surface area contributed by atoms with E-state index in [9.17, 15) is 9.90 Å². The minimum Gasteiger partial charge on any atom is -0.388 e. The highest BCUT2D eigenvalue weighted by Crippen LogP contribution is 2.37. The first-order chi connectivity index (χ1) is 10.5. The molecule has 0 aliphatic carbocycles. The predicted molar refractivity (Wildman–Crippen MR) is 88.2 cm³/mol. The van der Waals surface area contributed by atoms with Crippen LogP contribution in [0.4, 0.5) is 5.69 Å².